The highest BCUT2D eigenvalue weighted by atomic mass is 127. The van der Waals surface area contributed by atoms with Crippen LogP contribution in [0.4, 0.5) is 0 Å². The van der Waals surface area contributed by atoms with Crippen LogP contribution in [0, 0.1) is 6.92 Å². The molecule has 0 N–H and O–H groups in total. The number of rotatable bonds is 21. The second kappa shape index (κ2) is 22.5. The number of aryl methyl sites for hydroxylation is 3. The fourth-order valence-electron chi connectivity index (χ4n) is 5.93. The van der Waals surface area contributed by atoms with Crippen molar-refractivity contribution in [1.82, 2.24) is 0 Å². The average Bonchev–Trinajstić information content (AvgIpc) is 3.13. The monoisotopic (exact) mass is 824 g/mol. The number of halogens is 1. The summed E-state index contributed by atoms with van der Waals surface area (Å²) in [6.07, 6.45) is 4.07. The van der Waals surface area contributed by atoms with E-state index < -0.39 is 26.8 Å². The number of hydrogen-bond acceptors (Lipinski definition) is 5. The number of benzene rings is 3. The predicted molar refractivity (Wildman–Crippen MR) is 217 cm³/mol. The molecule has 0 aromatic heterocycles. The maximum atomic E-state index is 12.6. The van der Waals surface area contributed by atoms with Gasteiger partial charge in [-0.05, 0) is 92.1 Å². The minimum Gasteiger partial charge on any atom is -0.413 e. The first-order valence-corrected chi connectivity index (χ1v) is 26.0. The van der Waals surface area contributed by atoms with Crippen LogP contribution in [-0.2, 0) is 36.0 Å². The lowest BCUT2D eigenvalue weighted by Gasteiger charge is -2.33. The van der Waals surface area contributed by atoms with Gasteiger partial charge in [0.2, 0.25) is 0 Å². The van der Waals surface area contributed by atoms with Gasteiger partial charge in [-0.25, -0.2) is 0 Å². The summed E-state index contributed by atoms with van der Waals surface area (Å²) in [5.41, 5.74) is 3.66. The van der Waals surface area contributed by atoms with E-state index in [9.17, 15) is 8.42 Å². The second-order valence-electron chi connectivity index (χ2n) is 12.7. The summed E-state index contributed by atoms with van der Waals surface area (Å²) in [5.74, 6) is 0. The summed E-state index contributed by atoms with van der Waals surface area (Å²) in [7, 11) is -7.12. The Balaban J connectivity index is 0.000000365. The molecule has 9 heteroatoms. The molecule has 48 heavy (non-hydrogen) atoms. The summed E-state index contributed by atoms with van der Waals surface area (Å²) in [5, 5.41) is 0. The molecular formula is C39H61IO5SSi2. The van der Waals surface area contributed by atoms with Gasteiger partial charge < -0.3 is 8.85 Å². The van der Waals surface area contributed by atoms with Gasteiger partial charge in [-0.1, -0.05) is 142 Å². The first-order chi connectivity index (χ1) is 23.0. The highest BCUT2D eigenvalue weighted by Crippen LogP contribution is 2.27. The molecule has 0 aliphatic heterocycles. The van der Waals surface area contributed by atoms with Gasteiger partial charge in [0.15, 0.2) is 16.6 Å². The van der Waals surface area contributed by atoms with Crippen LogP contribution in [-0.4, -0.2) is 48.3 Å². The molecule has 0 radical (unpaired) electrons. The maximum Gasteiger partial charge on any atom is 0.297 e. The molecule has 0 aliphatic rings. The average molecular weight is 825 g/mol. The minimum absolute atomic E-state index is 0.0534. The lowest BCUT2D eigenvalue weighted by molar-refractivity contribution is 0.114. The molecule has 0 heterocycles. The van der Waals surface area contributed by atoms with Crippen molar-refractivity contribution in [2.24, 2.45) is 0 Å². The van der Waals surface area contributed by atoms with Crippen LogP contribution < -0.4 is 0 Å². The molecule has 0 saturated heterocycles. The van der Waals surface area contributed by atoms with Crippen LogP contribution in [0.2, 0.25) is 36.3 Å². The number of alkyl halides is 1. The first kappa shape index (κ1) is 42.8. The van der Waals surface area contributed by atoms with Gasteiger partial charge in [0.1, 0.15) is 0 Å². The van der Waals surface area contributed by atoms with Crippen molar-refractivity contribution in [2.75, 3.05) is 11.0 Å². The highest BCUT2D eigenvalue weighted by molar-refractivity contribution is 14.1. The van der Waals surface area contributed by atoms with E-state index in [1.807, 2.05) is 25.1 Å². The van der Waals surface area contributed by atoms with Crippen molar-refractivity contribution in [2.45, 2.75) is 128 Å². The van der Waals surface area contributed by atoms with Gasteiger partial charge >= 0.3 is 0 Å². The Bertz CT molecular complexity index is 1350. The van der Waals surface area contributed by atoms with Crippen molar-refractivity contribution in [3.05, 3.63) is 102 Å². The second-order valence-corrected chi connectivity index (χ2v) is 24.7. The first-order valence-electron chi connectivity index (χ1n) is 18.0. The van der Waals surface area contributed by atoms with Crippen molar-refractivity contribution in [3.63, 3.8) is 0 Å². The van der Waals surface area contributed by atoms with Crippen molar-refractivity contribution in [1.29, 1.82) is 0 Å². The fourth-order valence-corrected chi connectivity index (χ4v) is 13.6. The van der Waals surface area contributed by atoms with Gasteiger partial charge in [0, 0.05) is 4.43 Å². The third-order valence-corrected chi connectivity index (χ3v) is 21.5. The molecule has 0 bridgehead atoms. The Labute approximate surface area is 309 Å². The smallest absolute Gasteiger partial charge is 0.297 e. The zero-order valence-corrected chi connectivity index (χ0v) is 35.5. The van der Waals surface area contributed by atoms with E-state index in [0.717, 1.165) is 53.8 Å². The van der Waals surface area contributed by atoms with Crippen LogP contribution in [0.3, 0.4) is 0 Å². The predicted octanol–water partition coefficient (Wildman–Crippen LogP) is 11.2. The molecule has 268 valence electrons. The third kappa shape index (κ3) is 14.5. The lowest BCUT2D eigenvalue weighted by Crippen LogP contribution is -2.42. The molecular weight excluding hydrogens is 764 g/mol. The van der Waals surface area contributed by atoms with Crippen molar-refractivity contribution >= 4 is 49.3 Å². The van der Waals surface area contributed by atoms with Crippen LogP contribution in [0.15, 0.2) is 89.8 Å². The molecule has 0 aliphatic carbocycles. The van der Waals surface area contributed by atoms with Crippen molar-refractivity contribution in [3.8, 4) is 0 Å². The quantitative estimate of drug-likeness (QED) is 0.0463. The molecule has 0 amide bonds. The molecule has 0 spiro atoms. The molecule has 3 rings (SSSR count). The van der Waals surface area contributed by atoms with Crippen molar-refractivity contribution < 1.29 is 21.5 Å². The summed E-state index contributed by atoms with van der Waals surface area (Å²) >= 11 is 2.48. The Morgan fingerprint density at radius 2 is 1.00 bits per heavy atom. The maximum absolute atomic E-state index is 12.6. The molecule has 2 atom stereocenters. The summed E-state index contributed by atoms with van der Waals surface area (Å²) in [6.45, 7) is 15.4. The van der Waals surface area contributed by atoms with Gasteiger partial charge in [-0.15, -0.1) is 0 Å². The van der Waals surface area contributed by atoms with E-state index in [0.29, 0.717) is 6.10 Å². The number of hydrogen-bond donors (Lipinski definition) is 0. The van der Waals surface area contributed by atoms with E-state index in [1.54, 1.807) is 24.3 Å². The van der Waals surface area contributed by atoms with Gasteiger partial charge in [-0.3, -0.25) is 4.18 Å². The van der Waals surface area contributed by atoms with Crippen LogP contribution >= 0.6 is 22.6 Å². The molecule has 0 fully saturated rings. The molecule has 0 saturated carbocycles. The van der Waals surface area contributed by atoms with E-state index in [-0.39, 0.29) is 17.6 Å². The van der Waals surface area contributed by atoms with Crippen LogP contribution in [0.5, 0.6) is 0 Å². The van der Waals surface area contributed by atoms with Gasteiger partial charge in [0.25, 0.3) is 10.1 Å². The van der Waals surface area contributed by atoms with E-state index in [4.69, 9.17) is 13.0 Å². The van der Waals surface area contributed by atoms with Gasteiger partial charge in [-0.2, -0.15) is 8.42 Å². The SMILES string of the molecule is CC[Si](CC)(CC)O[C@@H](CCc1ccccc1)COS(=O)(=O)c1ccc(C)cc1.CC[Si](CC)(CC)O[C@H](CI)CCc1ccccc1. The van der Waals surface area contributed by atoms with Crippen LogP contribution in [0.1, 0.15) is 71.1 Å². The largest absolute Gasteiger partial charge is 0.413 e. The highest BCUT2D eigenvalue weighted by Gasteiger charge is 2.33. The van der Waals surface area contributed by atoms with E-state index in [2.05, 4.69) is 107 Å². The standard InChI is InChI=1S/C23H34O4SSi.C16H27IOSi/c1-5-29(6-2,7-3)27-22(16-15-21-11-9-8-10-12-21)19-26-28(24,25)23-17-13-20(4)14-18-23;1-4-19(5-2,6-3)18-16(14-17)13-12-15-10-8-7-9-11-15/h8-14,17-18,22H,5-7,15-16,19H2,1-4H3;7-11,16H,4-6,12-14H2,1-3H3/t22-;16-/m00/s1. The summed E-state index contributed by atoms with van der Waals surface area (Å²) in [4.78, 5) is 0.190. The normalized spacial score (nSPS) is 13.4. The Morgan fingerprint density at radius 1 is 0.604 bits per heavy atom. The zero-order chi connectivity index (χ0) is 35.5. The van der Waals surface area contributed by atoms with Gasteiger partial charge in [0.05, 0.1) is 23.7 Å². The molecule has 3 aromatic rings. The molecule has 5 nitrogen and oxygen atoms in total. The molecule has 0 unspecified atom stereocenters. The zero-order valence-electron chi connectivity index (χ0n) is 30.6. The molecule has 3 aromatic carbocycles. The Hall–Kier alpha value is -1.35. The van der Waals surface area contributed by atoms with Crippen LogP contribution in [0.25, 0.3) is 0 Å². The summed E-state index contributed by atoms with van der Waals surface area (Å²) < 4.78 is 45.0. The lowest BCUT2D eigenvalue weighted by atomic mass is 10.1. The van der Waals surface area contributed by atoms with E-state index in [1.165, 1.54) is 29.3 Å². The summed E-state index contributed by atoms with van der Waals surface area (Å²) in [6, 6.07) is 34.5. The topological polar surface area (TPSA) is 61.8 Å². The minimum atomic E-state index is -3.80. The third-order valence-electron chi connectivity index (χ3n) is 9.79. The van der Waals surface area contributed by atoms with E-state index >= 15 is 0 Å². The fraction of sp³-hybridized carbons (Fsp3) is 0.538. The Morgan fingerprint density at radius 3 is 1.40 bits per heavy atom. The Kier molecular flexibility index (Phi) is 20.0.